The van der Waals surface area contributed by atoms with Crippen molar-refractivity contribution in [3.8, 4) is 0 Å². The van der Waals surface area contributed by atoms with Crippen molar-refractivity contribution in [2.24, 2.45) is 11.3 Å². The molecule has 2 unspecified atom stereocenters. The van der Waals surface area contributed by atoms with E-state index in [0.29, 0.717) is 25.2 Å². The molecule has 0 saturated heterocycles. The Hall–Kier alpha value is -0.900. The first-order valence-electron chi connectivity index (χ1n) is 8.47. The maximum absolute atomic E-state index is 12.4. The van der Waals surface area contributed by atoms with Gasteiger partial charge in [0.1, 0.15) is 11.2 Å². The SMILES string of the molecule is CCOC(=O)C1(CC(O)CC2CCCC2)CCCCC1=O. The molecule has 0 aromatic carbocycles. The number of Topliss-reactive ketones (excluding diaryl/α,β-unsaturated/α-hetero) is 1. The van der Waals surface area contributed by atoms with Crippen molar-refractivity contribution < 1.29 is 19.4 Å². The molecule has 0 amide bonds. The van der Waals surface area contributed by atoms with Crippen LogP contribution in [0.1, 0.15) is 71.1 Å². The van der Waals surface area contributed by atoms with Crippen molar-refractivity contribution in [2.45, 2.75) is 77.2 Å². The molecular weight excluding hydrogens is 268 g/mol. The standard InChI is InChI=1S/C17H28O4/c1-2-21-16(20)17(10-6-5-9-15(17)19)12-14(18)11-13-7-3-4-8-13/h13-14,18H,2-12H2,1H3. The fourth-order valence-electron chi connectivity index (χ4n) is 3.99. The van der Waals surface area contributed by atoms with Crippen molar-refractivity contribution >= 4 is 11.8 Å². The molecule has 2 rings (SSSR count). The van der Waals surface area contributed by atoms with Crippen LogP contribution in [0.4, 0.5) is 0 Å². The molecule has 0 heterocycles. The second-order valence-electron chi connectivity index (χ2n) is 6.68. The fourth-order valence-corrected chi connectivity index (χ4v) is 3.99. The largest absolute Gasteiger partial charge is 0.465 e. The normalized spacial score (nSPS) is 28.6. The number of aliphatic hydroxyl groups excluding tert-OH is 1. The van der Waals surface area contributed by atoms with Gasteiger partial charge in [0.15, 0.2) is 0 Å². The molecule has 2 atom stereocenters. The summed E-state index contributed by atoms with van der Waals surface area (Å²) in [4.78, 5) is 24.7. The smallest absolute Gasteiger partial charge is 0.319 e. The van der Waals surface area contributed by atoms with Crippen molar-refractivity contribution in [2.75, 3.05) is 6.61 Å². The van der Waals surface area contributed by atoms with Gasteiger partial charge < -0.3 is 9.84 Å². The summed E-state index contributed by atoms with van der Waals surface area (Å²) in [7, 11) is 0. The Morgan fingerprint density at radius 1 is 1.33 bits per heavy atom. The maximum atomic E-state index is 12.4. The predicted octanol–water partition coefficient (Wildman–Crippen LogP) is 3.01. The van der Waals surface area contributed by atoms with Gasteiger partial charge in [-0.15, -0.1) is 0 Å². The second kappa shape index (κ2) is 7.39. The minimum absolute atomic E-state index is 0.0299. The lowest BCUT2D eigenvalue weighted by Crippen LogP contribution is -2.45. The van der Waals surface area contributed by atoms with Gasteiger partial charge in [0.05, 0.1) is 12.7 Å². The van der Waals surface area contributed by atoms with E-state index in [2.05, 4.69) is 0 Å². The summed E-state index contributed by atoms with van der Waals surface area (Å²) in [5.74, 6) is 0.107. The van der Waals surface area contributed by atoms with Crippen LogP contribution in [-0.2, 0) is 14.3 Å². The number of ketones is 1. The van der Waals surface area contributed by atoms with Gasteiger partial charge in [0.2, 0.25) is 0 Å². The van der Waals surface area contributed by atoms with Crippen molar-refractivity contribution in [3.63, 3.8) is 0 Å². The molecule has 120 valence electrons. The highest BCUT2D eigenvalue weighted by Gasteiger charge is 2.49. The summed E-state index contributed by atoms with van der Waals surface area (Å²) in [5.41, 5.74) is -1.08. The van der Waals surface area contributed by atoms with Crippen molar-refractivity contribution in [1.29, 1.82) is 0 Å². The monoisotopic (exact) mass is 296 g/mol. The summed E-state index contributed by atoms with van der Waals surface area (Å²) in [6, 6.07) is 0. The maximum Gasteiger partial charge on any atom is 0.319 e. The first kappa shape index (κ1) is 16.5. The zero-order valence-electron chi connectivity index (χ0n) is 13.1. The van der Waals surface area contributed by atoms with Gasteiger partial charge in [-0.2, -0.15) is 0 Å². The Bertz CT molecular complexity index is 373. The molecule has 21 heavy (non-hydrogen) atoms. The number of carbonyl (C=O) groups is 2. The number of aliphatic hydroxyl groups is 1. The highest BCUT2D eigenvalue weighted by atomic mass is 16.5. The van der Waals surface area contributed by atoms with Crippen LogP contribution in [0.3, 0.4) is 0 Å². The third-order valence-corrected chi connectivity index (χ3v) is 5.12. The van der Waals surface area contributed by atoms with Gasteiger partial charge >= 0.3 is 5.97 Å². The molecule has 4 heteroatoms. The van der Waals surface area contributed by atoms with E-state index >= 15 is 0 Å². The number of ether oxygens (including phenoxy) is 1. The van der Waals surface area contributed by atoms with Crippen LogP contribution < -0.4 is 0 Å². The molecule has 2 aliphatic carbocycles. The van der Waals surface area contributed by atoms with Crippen molar-refractivity contribution in [3.05, 3.63) is 0 Å². The van der Waals surface area contributed by atoms with E-state index in [4.69, 9.17) is 4.74 Å². The van der Waals surface area contributed by atoms with Gasteiger partial charge in [-0.05, 0) is 38.5 Å². The highest BCUT2D eigenvalue weighted by molar-refractivity contribution is 6.04. The Morgan fingerprint density at radius 2 is 2.05 bits per heavy atom. The molecule has 0 aromatic rings. The topological polar surface area (TPSA) is 63.6 Å². The highest BCUT2D eigenvalue weighted by Crippen LogP contribution is 2.40. The van der Waals surface area contributed by atoms with Gasteiger partial charge in [0.25, 0.3) is 0 Å². The minimum Gasteiger partial charge on any atom is -0.465 e. The van der Waals surface area contributed by atoms with Crippen LogP contribution >= 0.6 is 0 Å². The van der Waals surface area contributed by atoms with E-state index in [-0.39, 0.29) is 18.8 Å². The average molecular weight is 296 g/mol. The van der Waals surface area contributed by atoms with Crippen LogP contribution in [0, 0.1) is 11.3 Å². The first-order valence-corrected chi connectivity index (χ1v) is 8.47. The first-order chi connectivity index (χ1) is 10.1. The van der Waals surface area contributed by atoms with Crippen molar-refractivity contribution in [1.82, 2.24) is 0 Å². The molecule has 0 radical (unpaired) electrons. The summed E-state index contributed by atoms with van der Waals surface area (Å²) in [6.45, 7) is 2.04. The van der Waals surface area contributed by atoms with Crippen LogP contribution in [0.25, 0.3) is 0 Å². The van der Waals surface area contributed by atoms with Gasteiger partial charge in [-0.3, -0.25) is 9.59 Å². The number of carbonyl (C=O) groups excluding carboxylic acids is 2. The number of rotatable bonds is 6. The predicted molar refractivity (Wildman–Crippen MR) is 79.7 cm³/mol. The molecule has 0 aliphatic heterocycles. The lowest BCUT2D eigenvalue weighted by atomic mass is 9.69. The lowest BCUT2D eigenvalue weighted by Gasteiger charge is -2.35. The summed E-state index contributed by atoms with van der Waals surface area (Å²) in [6.07, 6.45) is 7.88. The third kappa shape index (κ3) is 3.85. The number of hydrogen-bond acceptors (Lipinski definition) is 4. The van der Waals surface area contributed by atoms with Gasteiger partial charge in [-0.25, -0.2) is 0 Å². The minimum atomic E-state index is -1.08. The zero-order chi connectivity index (χ0) is 15.3. The van der Waals surface area contributed by atoms with Gasteiger partial charge in [-0.1, -0.05) is 32.1 Å². The Kier molecular flexibility index (Phi) is 5.80. The Morgan fingerprint density at radius 3 is 2.67 bits per heavy atom. The molecule has 0 spiro atoms. The second-order valence-corrected chi connectivity index (χ2v) is 6.68. The third-order valence-electron chi connectivity index (χ3n) is 5.12. The van der Waals surface area contributed by atoms with E-state index in [9.17, 15) is 14.7 Å². The van der Waals surface area contributed by atoms with Gasteiger partial charge in [0, 0.05) is 6.42 Å². The van der Waals surface area contributed by atoms with E-state index < -0.39 is 17.5 Å². The Balaban J connectivity index is 2.04. The van der Waals surface area contributed by atoms with E-state index in [1.165, 1.54) is 12.8 Å². The van der Waals surface area contributed by atoms with Crippen LogP contribution in [-0.4, -0.2) is 29.6 Å². The molecular formula is C17H28O4. The number of esters is 1. The molecule has 2 aliphatic rings. The average Bonchev–Trinajstić information content (AvgIpc) is 2.94. The molecule has 0 aromatic heterocycles. The Labute approximate surface area is 127 Å². The van der Waals surface area contributed by atoms with Crippen LogP contribution in [0.5, 0.6) is 0 Å². The summed E-state index contributed by atoms with van der Waals surface area (Å²) in [5, 5.41) is 10.4. The summed E-state index contributed by atoms with van der Waals surface area (Å²) >= 11 is 0. The van der Waals surface area contributed by atoms with E-state index in [0.717, 1.165) is 25.7 Å². The lowest BCUT2D eigenvalue weighted by molar-refractivity contribution is -0.165. The van der Waals surface area contributed by atoms with Crippen LogP contribution in [0.2, 0.25) is 0 Å². The number of hydrogen-bond donors (Lipinski definition) is 1. The molecule has 2 saturated carbocycles. The van der Waals surface area contributed by atoms with Crippen LogP contribution in [0.15, 0.2) is 0 Å². The summed E-state index contributed by atoms with van der Waals surface area (Å²) < 4.78 is 5.16. The fraction of sp³-hybridized carbons (Fsp3) is 0.882. The van der Waals surface area contributed by atoms with E-state index in [1.54, 1.807) is 6.92 Å². The zero-order valence-corrected chi connectivity index (χ0v) is 13.1. The molecule has 1 N–H and O–H groups in total. The molecule has 4 nitrogen and oxygen atoms in total. The van der Waals surface area contributed by atoms with E-state index in [1.807, 2.05) is 0 Å². The molecule has 0 bridgehead atoms. The molecule has 2 fully saturated rings. The quantitative estimate of drug-likeness (QED) is 0.604.